The summed E-state index contributed by atoms with van der Waals surface area (Å²) < 4.78 is 28.0. The standard InChI is InChI=1S/C28H25N3O4S2/c1-19-7-17-25(18-8-19)37(34,35)31-23-13-15-24(16-14-23)36-26(20-5-3-2-4-6-20)28(33)30-22-11-9-21(10-12-22)27(29)32/h2-18,26,31H,1H3,(H2,29,32)(H,30,33). The molecule has 0 bridgehead atoms. The van der Waals surface area contributed by atoms with Crippen molar-refractivity contribution in [2.24, 2.45) is 5.73 Å². The van der Waals surface area contributed by atoms with E-state index in [1.807, 2.05) is 37.3 Å². The number of carbonyl (C=O) groups excluding carboxylic acids is 2. The Balaban J connectivity index is 1.50. The fourth-order valence-corrected chi connectivity index (χ4v) is 5.58. The second-order valence-corrected chi connectivity index (χ2v) is 11.1. The molecule has 4 N–H and O–H groups in total. The van der Waals surface area contributed by atoms with Gasteiger partial charge in [0.1, 0.15) is 5.25 Å². The summed E-state index contributed by atoms with van der Waals surface area (Å²) in [5, 5.41) is 2.31. The van der Waals surface area contributed by atoms with E-state index in [9.17, 15) is 18.0 Å². The van der Waals surface area contributed by atoms with Crippen LogP contribution in [0.5, 0.6) is 0 Å². The summed E-state index contributed by atoms with van der Waals surface area (Å²) in [4.78, 5) is 25.5. The zero-order valence-electron chi connectivity index (χ0n) is 19.9. The molecule has 0 aliphatic carbocycles. The zero-order chi connectivity index (χ0) is 26.4. The van der Waals surface area contributed by atoms with Crippen molar-refractivity contribution in [1.29, 1.82) is 0 Å². The van der Waals surface area contributed by atoms with E-state index < -0.39 is 21.2 Å². The van der Waals surface area contributed by atoms with Crippen molar-refractivity contribution in [1.82, 2.24) is 0 Å². The van der Waals surface area contributed by atoms with Crippen LogP contribution in [0, 0.1) is 6.92 Å². The first-order chi connectivity index (χ1) is 17.7. The van der Waals surface area contributed by atoms with E-state index in [1.54, 1.807) is 72.8 Å². The number of aryl methyl sites for hydroxylation is 1. The zero-order valence-corrected chi connectivity index (χ0v) is 21.6. The smallest absolute Gasteiger partial charge is 0.261 e. The Bertz CT molecular complexity index is 1490. The number of anilines is 2. The summed E-state index contributed by atoms with van der Waals surface area (Å²) in [7, 11) is -3.72. The second-order valence-electron chi connectivity index (χ2n) is 8.28. The maximum atomic E-state index is 13.3. The van der Waals surface area contributed by atoms with Crippen molar-refractivity contribution in [3.8, 4) is 0 Å². The molecule has 0 heterocycles. The summed E-state index contributed by atoms with van der Waals surface area (Å²) >= 11 is 1.34. The van der Waals surface area contributed by atoms with Crippen molar-refractivity contribution < 1.29 is 18.0 Å². The molecule has 2 amide bonds. The summed E-state index contributed by atoms with van der Waals surface area (Å²) in [5.74, 6) is -0.785. The van der Waals surface area contributed by atoms with Gasteiger partial charge in [-0.05, 0) is 73.2 Å². The van der Waals surface area contributed by atoms with Crippen LogP contribution in [0.1, 0.15) is 26.7 Å². The Morgan fingerprint density at radius 2 is 1.38 bits per heavy atom. The molecule has 9 heteroatoms. The van der Waals surface area contributed by atoms with Gasteiger partial charge in [-0.1, -0.05) is 48.0 Å². The molecule has 0 saturated carbocycles. The summed E-state index contributed by atoms with van der Waals surface area (Å²) in [5.41, 5.74) is 8.38. The molecule has 188 valence electrons. The quantitative estimate of drug-likeness (QED) is 0.251. The molecule has 1 atom stereocenters. The largest absolute Gasteiger partial charge is 0.366 e. The molecule has 4 rings (SSSR count). The van der Waals surface area contributed by atoms with E-state index in [4.69, 9.17) is 5.73 Å². The maximum Gasteiger partial charge on any atom is 0.261 e. The van der Waals surface area contributed by atoms with Crippen LogP contribution in [0.4, 0.5) is 11.4 Å². The van der Waals surface area contributed by atoms with Gasteiger partial charge in [-0.2, -0.15) is 0 Å². The Labute approximate surface area is 220 Å². The Morgan fingerprint density at radius 3 is 1.97 bits per heavy atom. The molecule has 37 heavy (non-hydrogen) atoms. The van der Waals surface area contributed by atoms with E-state index in [1.165, 1.54) is 11.8 Å². The van der Waals surface area contributed by atoms with Gasteiger partial charge in [-0.3, -0.25) is 14.3 Å². The minimum atomic E-state index is -3.72. The van der Waals surface area contributed by atoms with Crippen LogP contribution in [0.2, 0.25) is 0 Å². The molecule has 0 saturated heterocycles. The summed E-state index contributed by atoms with van der Waals surface area (Å²) in [6.45, 7) is 1.89. The van der Waals surface area contributed by atoms with Crippen LogP contribution < -0.4 is 15.8 Å². The van der Waals surface area contributed by atoms with Crippen LogP contribution in [-0.2, 0) is 14.8 Å². The van der Waals surface area contributed by atoms with Crippen molar-refractivity contribution in [2.45, 2.75) is 22.0 Å². The minimum Gasteiger partial charge on any atom is -0.366 e. The number of rotatable bonds is 9. The number of thioether (sulfide) groups is 1. The molecule has 4 aromatic carbocycles. The number of benzene rings is 4. The van der Waals surface area contributed by atoms with Gasteiger partial charge in [0.05, 0.1) is 4.90 Å². The highest BCUT2D eigenvalue weighted by Crippen LogP contribution is 2.37. The van der Waals surface area contributed by atoms with Crippen LogP contribution in [0.3, 0.4) is 0 Å². The topological polar surface area (TPSA) is 118 Å². The molecular formula is C28H25N3O4S2. The fourth-order valence-electron chi connectivity index (χ4n) is 3.50. The third-order valence-corrected chi connectivity index (χ3v) is 8.13. The molecular weight excluding hydrogens is 506 g/mol. The summed E-state index contributed by atoms with van der Waals surface area (Å²) in [6.07, 6.45) is 0. The van der Waals surface area contributed by atoms with Crippen molar-refractivity contribution in [3.63, 3.8) is 0 Å². The Kier molecular flexibility index (Phi) is 7.95. The van der Waals surface area contributed by atoms with Gasteiger partial charge >= 0.3 is 0 Å². The highest BCUT2D eigenvalue weighted by atomic mass is 32.2. The molecule has 1 unspecified atom stereocenters. The van der Waals surface area contributed by atoms with E-state index in [-0.39, 0.29) is 10.8 Å². The van der Waals surface area contributed by atoms with Gasteiger partial charge in [0, 0.05) is 21.8 Å². The number of sulfonamides is 1. The van der Waals surface area contributed by atoms with E-state index in [2.05, 4.69) is 10.0 Å². The van der Waals surface area contributed by atoms with Crippen molar-refractivity contribution >= 4 is 45.0 Å². The average Bonchev–Trinajstić information content (AvgIpc) is 2.89. The molecule has 0 fully saturated rings. The lowest BCUT2D eigenvalue weighted by Crippen LogP contribution is -2.19. The van der Waals surface area contributed by atoms with Gasteiger partial charge in [0.15, 0.2) is 0 Å². The van der Waals surface area contributed by atoms with Crippen molar-refractivity contribution in [3.05, 3.63) is 120 Å². The lowest BCUT2D eigenvalue weighted by Gasteiger charge is -2.17. The lowest BCUT2D eigenvalue weighted by atomic mass is 10.1. The molecule has 4 aromatic rings. The van der Waals surface area contributed by atoms with E-state index in [0.29, 0.717) is 16.9 Å². The Morgan fingerprint density at radius 1 is 0.784 bits per heavy atom. The van der Waals surface area contributed by atoms with Crippen LogP contribution in [-0.4, -0.2) is 20.2 Å². The van der Waals surface area contributed by atoms with Gasteiger partial charge in [0.25, 0.3) is 10.0 Å². The number of nitrogens with one attached hydrogen (secondary N) is 2. The van der Waals surface area contributed by atoms with E-state index in [0.717, 1.165) is 16.0 Å². The van der Waals surface area contributed by atoms with Gasteiger partial charge in [0.2, 0.25) is 11.8 Å². The number of hydrogen-bond acceptors (Lipinski definition) is 5. The number of hydrogen-bond donors (Lipinski definition) is 3. The number of amides is 2. The highest BCUT2D eigenvalue weighted by molar-refractivity contribution is 8.00. The third-order valence-electron chi connectivity index (χ3n) is 5.47. The number of primary amides is 1. The van der Waals surface area contributed by atoms with E-state index >= 15 is 0 Å². The highest BCUT2D eigenvalue weighted by Gasteiger charge is 2.22. The molecule has 0 radical (unpaired) electrons. The normalized spacial score (nSPS) is 11.9. The Hall–Kier alpha value is -4.08. The predicted molar refractivity (Wildman–Crippen MR) is 147 cm³/mol. The first-order valence-electron chi connectivity index (χ1n) is 11.3. The third kappa shape index (κ3) is 6.78. The average molecular weight is 532 g/mol. The van der Waals surface area contributed by atoms with Crippen LogP contribution >= 0.6 is 11.8 Å². The minimum absolute atomic E-state index is 0.182. The molecule has 7 nitrogen and oxygen atoms in total. The SMILES string of the molecule is Cc1ccc(S(=O)(=O)Nc2ccc(SC(C(=O)Nc3ccc(C(N)=O)cc3)c3ccccc3)cc2)cc1. The molecule has 0 aliphatic heterocycles. The fraction of sp³-hybridized carbons (Fsp3) is 0.0714. The maximum absolute atomic E-state index is 13.3. The molecule has 0 aliphatic rings. The van der Waals surface area contributed by atoms with Gasteiger partial charge in [-0.15, -0.1) is 11.8 Å². The van der Waals surface area contributed by atoms with Crippen LogP contribution in [0.15, 0.2) is 113 Å². The van der Waals surface area contributed by atoms with Crippen LogP contribution in [0.25, 0.3) is 0 Å². The molecule has 0 aromatic heterocycles. The van der Waals surface area contributed by atoms with Gasteiger partial charge < -0.3 is 11.1 Å². The lowest BCUT2D eigenvalue weighted by molar-refractivity contribution is -0.115. The number of nitrogens with two attached hydrogens (primary N) is 1. The number of carbonyl (C=O) groups is 2. The van der Waals surface area contributed by atoms with Crippen molar-refractivity contribution in [2.75, 3.05) is 10.0 Å². The first-order valence-corrected chi connectivity index (χ1v) is 13.7. The predicted octanol–water partition coefficient (Wildman–Crippen LogP) is 5.37. The molecule has 0 spiro atoms. The summed E-state index contributed by atoms with van der Waals surface area (Å²) in [6, 6.07) is 29.2. The monoisotopic (exact) mass is 531 g/mol. The van der Waals surface area contributed by atoms with Gasteiger partial charge in [-0.25, -0.2) is 8.42 Å². The first kappa shape index (κ1) is 26.0. The second kappa shape index (κ2) is 11.3.